The number of methoxy groups -OCH3 is 1. The summed E-state index contributed by atoms with van der Waals surface area (Å²) >= 11 is 6.23. The molecule has 0 fully saturated rings. The second-order valence-electron chi connectivity index (χ2n) is 4.54. The molecular formula is C15H19ClN4O. The largest absolute Gasteiger partial charge is 0.497 e. The third-order valence-corrected chi connectivity index (χ3v) is 3.50. The Balaban J connectivity index is 2.43. The fraction of sp³-hybridized carbons (Fsp3) is 0.333. The molecule has 0 bridgehead atoms. The van der Waals surface area contributed by atoms with E-state index >= 15 is 0 Å². The van der Waals surface area contributed by atoms with E-state index in [0.717, 1.165) is 40.9 Å². The van der Waals surface area contributed by atoms with E-state index in [4.69, 9.17) is 16.3 Å². The average molecular weight is 307 g/mol. The molecule has 6 heteroatoms. The van der Waals surface area contributed by atoms with Crippen LogP contribution in [-0.2, 0) is 6.42 Å². The molecule has 2 N–H and O–H groups in total. The molecule has 0 amide bonds. The van der Waals surface area contributed by atoms with E-state index < -0.39 is 0 Å². The summed E-state index contributed by atoms with van der Waals surface area (Å²) < 4.78 is 5.22. The summed E-state index contributed by atoms with van der Waals surface area (Å²) in [4.78, 5) is 8.98. The zero-order valence-electron chi connectivity index (χ0n) is 12.6. The maximum atomic E-state index is 6.23. The number of aryl methyl sites for hydroxylation is 1. The fourth-order valence-electron chi connectivity index (χ4n) is 1.94. The molecule has 5 nitrogen and oxygen atoms in total. The molecule has 0 aliphatic carbocycles. The quantitative estimate of drug-likeness (QED) is 0.880. The highest BCUT2D eigenvalue weighted by atomic mass is 35.5. The molecule has 0 unspecified atom stereocenters. The zero-order chi connectivity index (χ0) is 15.4. The third kappa shape index (κ3) is 3.36. The fourth-order valence-corrected chi connectivity index (χ4v) is 2.11. The van der Waals surface area contributed by atoms with Crippen LogP contribution in [0.25, 0.3) is 0 Å². The van der Waals surface area contributed by atoms with E-state index in [0.29, 0.717) is 5.02 Å². The number of rotatable bonds is 5. The predicted molar refractivity (Wildman–Crippen MR) is 87.0 cm³/mol. The van der Waals surface area contributed by atoms with Crippen molar-refractivity contribution in [3.63, 3.8) is 0 Å². The summed E-state index contributed by atoms with van der Waals surface area (Å²) in [5, 5.41) is 6.96. The summed E-state index contributed by atoms with van der Waals surface area (Å²) in [6.45, 7) is 3.98. The number of nitrogens with one attached hydrogen (secondary N) is 2. The lowest BCUT2D eigenvalue weighted by Crippen LogP contribution is -2.07. The van der Waals surface area contributed by atoms with Crippen molar-refractivity contribution in [3.8, 4) is 5.75 Å². The summed E-state index contributed by atoms with van der Waals surface area (Å²) in [7, 11) is 3.47. The van der Waals surface area contributed by atoms with E-state index in [1.165, 1.54) is 0 Å². The van der Waals surface area contributed by atoms with Crippen LogP contribution in [0.1, 0.15) is 18.3 Å². The molecule has 0 saturated heterocycles. The second kappa shape index (κ2) is 6.63. The standard InChI is InChI=1S/C15H19ClN4O/c1-5-13-19-14(17-3)9(2)15(20-13)18-12-8-10(21-4)6-7-11(12)16/h6-8H,5H2,1-4H3,(H2,17,18,19,20). The first-order valence-electron chi connectivity index (χ1n) is 6.74. The molecule has 21 heavy (non-hydrogen) atoms. The molecule has 2 rings (SSSR count). The van der Waals surface area contributed by atoms with Gasteiger partial charge in [-0.3, -0.25) is 0 Å². The van der Waals surface area contributed by atoms with Crippen LogP contribution in [0.15, 0.2) is 18.2 Å². The Morgan fingerprint density at radius 1 is 1.24 bits per heavy atom. The van der Waals surface area contributed by atoms with Gasteiger partial charge in [0.15, 0.2) is 0 Å². The van der Waals surface area contributed by atoms with Gasteiger partial charge in [-0.1, -0.05) is 18.5 Å². The number of nitrogens with zero attached hydrogens (tertiary/aromatic N) is 2. The molecule has 0 atom stereocenters. The second-order valence-corrected chi connectivity index (χ2v) is 4.94. The van der Waals surface area contributed by atoms with Crippen LogP contribution >= 0.6 is 11.6 Å². The maximum absolute atomic E-state index is 6.23. The van der Waals surface area contributed by atoms with Gasteiger partial charge in [0.05, 0.1) is 17.8 Å². The molecule has 0 radical (unpaired) electrons. The number of benzene rings is 1. The lowest BCUT2D eigenvalue weighted by molar-refractivity contribution is 0.415. The van der Waals surface area contributed by atoms with Gasteiger partial charge < -0.3 is 15.4 Å². The van der Waals surface area contributed by atoms with Crippen LogP contribution in [0.5, 0.6) is 5.75 Å². The van der Waals surface area contributed by atoms with Crippen LogP contribution in [0, 0.1) is 6.92 Å². The minimum absolute atomic E-state index is 0.609. The predicted octanol–water partition coefficient (Wildman–Crippen LogP) is 3.79. The highest BCUT2D eigenvalue weighted by Gasteiger charge is 2.11. The number of hydrogen-bond acceptors (Lipinski definition) is 5. The molecule has 1 aromatic carbocycles. The Labute approximate surface area is 129 Å². The van der Waals surface area contributed by atoms with Gasteiger partial charge in [-0.15, -0.1) is 0 Å². The van der Waals surface area contributed by atoms with Crippen LogP contribution in [-0.4, -0.2) is 24.1 Å². The Morgan fingerprint density at radius 3 is 2.57 bits per heavy atom. The Morgan fingerprint density at radius 2 is 1.95 bits per heavy atom. The van der Waals surface area contributed by atoms with Crippen LogP contribution in [0.2, 0.25) is 5.02 Å². The monoisotopic (exact) mass is 306 g/mol. The zero-order valence-corrected chi connectivity index (χ0v) is 13.4. The first-order valence-corrected chi connectivity index (χ1v) is 7.12. The average Bonchev–Trinajstić information content (AvgIpc) is 2.51. The van der Waals surface area contributed by atoms with Crippen LogP contribution in [0.4, 0.5) is 17.3 Å². The van der Waals surface area contributed by atoms with E-state index in [9.17, 15) is 0 Å². The van der Waals surface area contributed by atoms with Crippen molar-refractivity contribution in [2.24, 2.45) is 0 Å². The molecule has 1 aromatic heterocycles. The number of anilines is 3. The molecule has 112 valence electrons. The van der Waals surface area contributed by atoms with Gasteiger partial charge in [-0.05, 0) is 19.1 Å². The topological polar surface area (TPSA) is 59.1 Å². The van der Waals surface area contributed by atoms with Crippen LogP contribution < -0.4 is 15.4 Å². The van der Waals surface area contributed by atoms with Gasteiger partial charge in [-0.25, -0.2) is 9.97 Å². The van der Waals surface area contributed by atoms with E-state index in [1.54, 1.807) is 13.2 Å². The molecule has 0 aliphatic rings. The number of ether oxygens (including phenoxy) is 1. The first kappa shape index (κ1) is 15.4. The first-order chi connectivity index (χ1) is 10.1. The van der Waals surface area contributed by atoms with Gasteiger partial charge in [0.1, 0.15) is 23.2 Å². The normalized spacial score (nSPS) is 10.3. The molecule has 0 saturated carbocycles. The van der Waals surface area contributed by atoms with E-state index in [2.05, 4.69) is 20.6 Å². The highest BCUT2D eigenvalue weighted by Crippen LogP contribution is 2.31. The van der Waals surface area contributed by atoms with Gasteiger partial charge in [0, 0.05) is 25.1 Å². The number of hydrogen-bond donors (Lipinski definition) is 2. The lowest BCUT2D eigenvalue weighted by Gasteiger charge is -2.14. The molecule has 2 aromatic rings. The van der Waals surface area contributed by atoms with Crippen molar-refractivity contribution in [3.05, 3.63) is 34.6 Å². The summed E-state index contributed by atoms with van der Waals surface area (Å²) in [6.07, 6.45) is 0.759. The molecular weight excluding hydrogens is 288 g/mol. The SMILES string of the molecule is CCc1nc(NC)c(C)c(Nc2cc(OC)ccc2Cl)n1. The summed E-state index contributed by atoms with van der Waals surface area (Å²) in [5.41, 5.74) is 1.69. The van der Waals surface area contributed by atoms with Crippen molar-refractivity contribution in [2.75, 3.05) is 24.8 Å². The van der Waals surface area contributed by atoms with E-state index in [1.807, 2.05) is 33.0 Å². The highest BCUT2D eigenvalue weighted by molar-refractivity contribution is 6.33. The van der Waals surface area contributed by atoms with E-state index in [-0.39, 0.29) is 0 Å². The van der Waals surface area contributed by atoms with Crippen molar-refractivity contribution in [1.82, 2.24) is 9.97 Å². The Bertz CT molecular complexity index is 646. The van der Waals surface area contributed by atoms with Gasteiger partial charge >= 0.3 is 0 Å². The summed E-state index contributed by atoms with van der Waals surface area (Å²) in [5.74, 6) is 3.05. The minimum Gasteiger partial charge on any atom is -0.497 e. The minimum atomic E-state index is 0.609. The lowest BCUT2D eigenvalue weighted by atomic mass is 10.2. The molecule has 0 spiro atoms. The van der Waals surface area contributed by atoms with Crippen molar-refractivity contribution in [1.29, 1.82) is 0 Å². The van der Waals surface area contributed by atoms with Gasteiger partial charge in [-0.2, -0.15) is 0 Å². The number of halogens is 1. The van der Waals surface area contributed by atoms with Crippen LogP contribution in [0.3, 0.4) is 0 Å². The van der Waals surface area contributed by atoms with Crippen molar-refractivity contribution in [2.45, 2.75) is 20.3 Å². The summed E-state index contributed by atoms with van der Waals surface area (Å²) in [6, 6.07) is 5.45. The number of aromatic nitrogens is 2. The molecule has 1 heterocycles. The third-order valence-electron chi connectivity index (χ3n) is 3.17. The maximum Gasteiger partial charge on any atom is 0.139 e. The van der Waals surface area contributed by atoms with Crippen molar-refractivity contribution >= 4 is 28.9 Å². The van der Waals surface area contributed by atoms with Crippen molar-refractivity contribution < 1.29 is 4.74 Å². The van der Waals surface area contributed by atoms with Gasteiger partial charge in [0.2, 0.25) is 0 Å². The Kier molecular flexibility index (Phi) is 4.85. The molecule has 0 aliphatic heterocycles. The smallest absolute Gasteiger partial charge is 0.139 e. The van der Waals surface area contributed by atoms with Gasteiger partial charge in [0.25, 0.3) is 0 Å². The Hall–Kier alpha value is -2.01.